The molecule has 2 N–H and O–H groups in total. The average Bonchev–Trinajstić information content (AvgIpc) is 2.72. The molecule has 1 fully saturated rings. The van der Waals surface area contributed by atoms with E-state index in [-0.39, 0.29) is 18.3 Å². The quantitative estimate of drug-likeness (QED) is 0.775. The fourth-order valence-electron chi connectivity index (χ4n) is 2.94. The summed E-state index contributed by atoms with van der Waals surface area (Å²) in [6.45, 7) is 2.46. The first-order chi connectivity index (χ1) is 13.5. The van der Waals surface area contributed by atoms with Gasteiger partial charge in [-0.1, -0.05) is 12.1 Å². The fourth-order valence-corrected chi connectivity index (χ4v) is 2.94. The van der Waals surface area contributed by atoms with Crippen LogP contribution in [-0.2, 0) is 9.59 Å². The molecule has 1 saturated heterocycles. The lowest BCUT2D eigenvalue weighted by atomic mass is 10.2. The largest absolute Gasteiger partial charge is 0.484 e. The van der Waals surface area contributed by atoms with Crippen molar-refractivity contribution >= 4 is 23.6 Å². The lowest BCUT2D eigenvalue weighted by Crippen LogP contribution is -2.48. The first-order valence-electron chi connectivity index (χ1n) is 9.00. The van der Waals surface area contributed by atoms with Crippen LogP contribution in [0.15, 0.2) is 54.6 Å². The summed E-state index contributed by atoms with van der Waals surface area (Å²) in [6.07, 6.45) is 3.29. The Morgan fingerprint density at radius 2 is 1.64 bits per heavy atom. The molecule has 0 atom stereocenters. The maximum atomic E-state index is 13.0. The van der Waals surface area contributed by atoms with E-state index in [4.69, 9.17) is 10.5 Å². The van der Waals surface area contributed by atoms with Crippen LogP contribution in [0, 0.1) is 5.82 Å². The first-order valence-corrected chi connectivity index (χ1v) is 9.00. The number of ether oxygens (including phenoxy) is 1. The zero-order valence-electron chi connectivity index (χ0n) is 15.4. The molecule has 7 heteroatoms. The van der Waals surface area contributed by atoms with Crippen molar-refractivity contribution < 1.29 is 18.7 Å². The Hall–Kier alpha value is -3.35. The highest BCUT2D eigenvalue weighted by molar-refractivity contribution is 5.92. The van der Waals surface area contributed by atoms with Crippen LogP contribution in [0.1, 0.15) is 5.56 Å². The molecule has 1 aliphatic heterocycles. The lowest BCUT2D eigenvalue weighted by molar-refractivity contribution is -0.126. The number of primary amides is 1. The molecule has 0 spiro atoms. The number of halogens is 1. The van der Waals surface area contributed by atoms with Crippen LogP contribution in [0.2, 0.25) is 0 Å². The summed E-state index contributed by atoms with van der Waals surface area (Å²) in [4.78, 5) is 27.0. The minimum Gasteiger partial charge on any atom is -0.484 e. The van der Waals surface area contributed by atoms with Crippen molar-refractivity contribution in [1.82, 2.24) is 4.90 Å². The van der Waals surface area contributed by atoms with E-state index in [2.05, 4.69) is 4.90 Å². The van der Waals surface area contributed by atoms with Gasteiger partial charge in [-0.25, -0.2) is 4.39 Å². The number of benzene rings is 2. The summed E-state index contributed by atoms with van der Waals surface area (Å²) in [6, 6.07) is 13.4. The van der Waals surface area contributed by atoms with E-state index in [9.17, 15) is 14.0 Å². The highest BCUT2D eigenvalue weighted by atomic mass is 19.1. The monoisotopic (exact) mass is 383 g/mol. The van der Waals surface area contributed by atoms with Gasteiger partial charge in [0.2, 0.25) is 5.91 Å². The van der Waals surface area contributed by atoms with Crippen LogP contribution >= 0.6 is 0 Å². The number of amides is 2. The summed E-state index contributed by atoms with van der Waals surface area (Å²) >= 11 is 0. The highest BCUT2D eigenvalue weighted by Crippen LogP contribution is 2.17. The van der Waals surface area contributed by atoms with Crippen molar-refractivity contribution in [3.05, 3.63) is 66.0 Å². The number of carbonyl (C=O) groups excluding carboxylic acids is 2. The van der Waals surface area contributed by atoms with Crippen LogP contribution in [0.5, 0.6) is 5.75 Å². The molecule has 0 aliphatic carbocycles. The van der Waals surface area contributed by atoms with Gasteiger partial charge in [0.15, 0.2) is 6.61 Å². The zero-order chi connectivity index (χ0) is 19.9. The predicted molar refractivity (Wildman–Crippen MR) is 105 cm³/mol. The molecule has 3 rings (SSSR count). The Morgan fingerprint density at radius 3 is 2.25 bits per heavy atom. The number of piperazine rings is 1. The van der Waals surface area contributed by atoms with Gasteiger partial charge in [-0.15, -0.1) is 0 Å². The number of hydrogen-bond donors (Lipinski definition) is 1. The molecular formula is C21H22FN3O3. The SMILES string of the molecule is NC(=O)COc1ccc(/C=C/C(=O)N2CCN(c3ccc(F)cc3)CC2)cc1. The van der Waals surface area contributed by atoms with Gasteiger partial charge in [-0.05, 0) is 48.0 Å². The second kappa shape index (κ2) is 9.03. The minimum atomic E-state index is -0.533. The number of carbonyl (C=O) groups is 2. The summed E-state index contributed by atoms with van der Waals surface area (Å²) in [5.41, 5.74) is 6.85. The van der Waals surface area contributed by atoms with Crippen LogP contribution < -0.4 is 15.4 Å². The second-order valence-electron chi connectivity index (χ2n) is 6.45. The van der Waals surface area contributed by atoms with Gasteiger partial charge in [-0.2, -0.15) is 0 Å². The third kappa shape index (κ3) is 5.33. The third-order valence-corrected chi connectivity index (χ3v) is 4.46. The van der Waals surface area contributed by atoms with Crippen molar-refractivity contribution in [2.75, 3.05) is 37.7 Å². The summed E-state index contributed by atoms with van der Waals surface area (Å²) < 4.78 is 18.2. The summed E-state index contributed by atoms with van der Waals surface area (Å²) in [5, 5.41) is 0. The minimum absolute atomic E-state index is 0.0483. The molecule has 28 heavy (non-hydrogen) atoms. The Morgan fingerprint density at radius 1 is 1.00 bits per heavy atom. The van der Waals surface area contributed by atoms with E-state index in [1.165, 1.54) is 12.1 Å². The lowest BCUT2D eigenvalue weighted by Gasteiger charge is -2.35. The maximum absolute atomic E-state index is 13.0. The molecule has 146 valence electrons. The van der Waals surface area contributed by atoms with E-state index in [0.29, 0.717) is 31.9 Å². The standard InChI is InChI=1S/C21H22FN3O3/c22-17-4-6-18(7-5-17)24-11-13-25(14-12-24)21(27)10-3-16-1-8-19(9-2-16)28-15-20(23)26/h1-10H,11-15H2,(H2,23,26)/b10-3+. The molecule has 1 aliphatic rings. The normalized spacial score (nSPS) is 14.3. The second-order valence-corrected chi connectivity index (χ2v) is 6.45. The number of anilines is 1. The van der Waals surface area contributed by atoms with Gasteiger partial charge in [0, 0.05) is 37.9 Å². The highest BCUT2D eigenvalue weighted by Gasteiger charge is 2.19. The van der Waals surface area contributed by atoms with Crippen LogP contribution in [0.4, 0.5) is 10.1 Å². The Bertz CT molecular complexity index is 842. The third-order valence-electron chi connectivity index (χ3n) is 4.46. The van der Waals surface area contributed by atoms with E-state index in [1.54, 1.807) is 53.5 Å². The molecule has 0 bridgehead atoms. The topological polar surface area (TPSA) is 75.9 Å². The number of hydrogen-bond acceptors (Lipinski definition) is 4. The molecule has 0 radical (unpaired) electrons. The molecule has 2 amide bonds. The Labute approximate surface area is 163 Å². The smallest absolute Gasteiger partial charge is 0.255 e. The molecule has 2 aromatic carbocycles. The summed E-state index contributed by atoms with van der Waals surface area (Å²) in [7, 11) is 0. The Kier molecular flexibility index (Phi) is 6.26. The van der Waals surface area contributed by atoms with Crippen molar-refractivity contribution in [3.8, 4) is 5.75 Å². The molecule has 0 saturated carbocycles. The van der Waals surface area contributed by atoms with Crippen molar-refractivity contribution in [3.63, 3.8) is 0 Å². The number of nitrogens with zero attached hydrogens (tertiary/aromatic N) is 2. The van der Waals surface area contributed by atoms with E-state index >= 15 is 0 Å². The van der Waals surface area contributed by atoms with Gasteiger partial charge < -0.3 is 20.3 Å². The van der Waals surface area contributed by atoms with Crippen LogP contribution in [-0.4, -0.2) is 49.5 Å². The van der Waals surface area contributed by atoms with Crippen molar-refractivity contribution in [1.29, 1.82) is 0 Å². The summed E-state index contributed by atoms with van der Waals surface area (Å²) in [5.74, 6) is -0.295. The van der Waals surface area contributed by atoms with Gasteiger partial charge in [0.05, 0.1) is 0 Å². The molecule has 0 aromatic heterocycles. The average molecular weight is 383 g/mol. The van der Waals surface area contributed by atoms with Gasteiger partial charge in [0.1, 0.15) is 11.6 Å². The number of nitrogens with two attached hydrogens (primary N) is 1. The van der Waals surface area contributed by atoms with E-state index < -0.39 is 5.91 Å². The van der Waals surface area contributed by atoms with Gasteiger partial charge in [-0.3, -0.25) is 9.59 Å². The Balaban J connectivity index is 1.49. The maximum Gasteiger partial charge on any atom is 0.255 e. The number of rotatable bonds is 6. The van der Waals surface area contributed by atoms with Gasteiger partial charge >= 0.3 is 0 Å². The fraction of sp³-hybridized carbons (Fsp3) is 0.238. The molecule has 2 aromatic rings. The van der Waals surface area contributed by atoms with Crippen LogP contribution in [0.3, 0.4) is 0 Å². The van der Waals surface area contributed by atoms with Crippen molar-refractivity contribution in [2.45, 2.75) is 0 Å². The molecule has 6 nitrogen and oxygen atoms in total. The predicted octanol–water partition coefficient (Wildman–Crippen LogP) is 2.05. The molecule has 0 unspecified atom stereocenters. The zero-order valence-corrected chi connectivity index (χ0v) is 15.4. The first kappa shape index (κ1) is 19.4. The molecular weight excluding hydrogens is 361 g/mol. The molecule has 1 heterocycles. The van der Waals surface area contributed by atoms with Gasteiger partial charge in [0.25, 0.3) is 5.91 Å². The van der Waals surface area contributed by atoms with E-state index in [0.717, 1.165) is 11.3 Å². The van der Waals surface area contributed by atoms with Crippen molar-refractivity contribution in [2.24, 2.45) is 5.73 Å². The van der Waals surface area contributed by atoms with E-state index in [1.807, 2.05) is 0 Å². The van der Waals surface area contributed by atoms with Crippen LogP contribution in [0.25, 0.3) is 6.08 Å².